The van der Waals surface area contributed by atoms with Gasteiger partial charge in [-0.1, -0.05) is 31.9 Å². The lowest BCUT2D eigenvalue weighted by Crippen LogP contribution is -2.27. The van der Waals surface area contributed by atoms with Crippen molar-refractivity contribution >= 4 is 0 Å². The van der Waals surface area contributed by atoms with E-state index in [9.17, 15) is 10.2 Å². The van der Waals surface area contributed by atoms with E-state index in [-0.39, 0.29) is 5.76 Å². The fourth-order valence-electron chi connectivity index (χ4n) is 1.42. The van der Waals surface area contributed by atoms with Gasteiger partial charge in [0.15, 0.2) is 0 Å². The molecule has 0 spiro atoms. The van der Waals surface area contributed by atoms with Crippen LogP contribution in [0.15, 0.2) is 24.0 Å². The lowest BCUT2D eigenvalue weighted by Gasteiger charge is -2.26. The molecule has 0 bridgehead atoms. The van der Waals surface area contributed by atoms with E-state index in [1.54, 1.807) is 18.2 Å². The van der Waals surface area contributed by atoms with Crippen molar-refractivity contribution in [1.29, 1.82) is 0 Å². The zero-order valence-corrected chi connectivity index (χ0v) is 7.45. The highest BCUT2D eigenvalue weighted by atomic mass is 16.3. The third kappa shape index (κ3) is 2.38. The Morgan fingerprint density at radius 3 is 2.92 bits per heavy atom. The molecule has 0 aliphatic heterocycles. The molecule has 1 rings (SSSR count). The lowest BCUT2D eigenvalue weighted by atomic mass is 9.89. The van der Waals surface area contributed by atoms with Crippen LogP contribution in [-0.4, -0.2) is 15.8 Å². The van der Waals surface area contributed by atoms with E-state index in [0.29, 0.717) is 6.42 Å². The van der Waals surface area contributed by atoms with Crippen LogP contribution in [0.5, 0.6) is 0 Å². The molecular weight excluding hydrogens is 152 g/mol. The molecule has 0 aromatic carbocycles. The second kappa shape index (κ2) is 3.76. The zero-order valence-electron chi connectivity index (χ0n) is 7.45. The summed E-state index contributed by atoms with van der Waals surface area (Å²) in [4.78, 5) is 0. The molecule has 1 aliphatic rings. The van der Waals surface area contributed by atoms with E-state index >= 15 is 0 Å². The highest BCUT2D eigenvalue weighted by Gasteiger charge is 2.25. The number of hydrogen-bond donors (Lipinski definition) is 2. The van der Waals surface area contributed by atoms with Crippen molar-refractivity contribution in [2.75, 3.05) is 0 Å². The predicted molar refractivity (Wildman–Crippen MR) is 48.9 cm³/mol. The van der Waals surface area contributed by atoms with Crippen molar-refractivity contribution in [3.8, 4) is 0 Å². The molecule has 0 radical (unpaired) electrons. The van der Waals surface area contributed by atoms with Crippen molar-refractivity contribution in [1.82, 2.24) is 0 Å². The molecular formula is C10H16O2. The first kappa shape index (κ1) is 9.33. The average Bonchev–Trinajstić information content (AvgIpc) is 2.01. The van der Waals surface area contributed by atoms with Gasteiger partial charge in [-0.2, -0.15) is 0 Å². The Kier molecular flexibility index (Phi) is 2.93. The minimum atomic E-state index is -0.797. The first-order valence-corrected chi connectivity index (χ1v) is 4.46. The van der Waals surface area contributed by atoms with Crippen LogP contribution >= 0.6 is 0 Å². The van der Waals surface area contributed by atoms with Crippen molar-refractivity contribution in [2.45, 2.75) is 38.2 Å². The topological polar surface area (TPSA) is 40.5 Å². The number of hydrogen-bond acceptors (Lipinski definition) is 2. The number of unbranched alkanes of at least 4 members (excludes halogenated alkanes) is 1. The van der Waals surface area contributed by atoms with Crippen molar-refractivity contribution in [2.24, 2.45) is 0 Å². The molecule has 2 N–H and O–H groups in total. The van der Waals surface area contributed by atoms with Crippen molar-refractivity contribution in [3.05, 3.63) is 24.0 Å². The third-order valence-corrected chi connectivity index (χ3v) is 2.15. The second-order valence-corrected chi connectivity index (χ2v) is 3.40. The van der Waals surface area contributed by atoms with Gasteiger partial charge in [0.2, 0.25) is 0 Å². The van der Waals surface area contributed by atoms with Gasteiger partial charge in [-0.05, 0) is 12.5 Å². The minimum absolute atomic E-state index is 0.274. The van der Waals surface area contributed by atoms with Gasteiger partial charge >= 0.3 is 0 Å². The van der Waals surface area contributed by atoms with Crippen LogP contribution in [0.1, 0.15) is 32.6 Å². The standard InChI is InChI=1S/C10H16O2/c1-2-3-6-10(12)7-4-5-9(11)8-10/h4-5,7,11-12H,2-3,6,8H2,1H3. The van der Waals surface area contributed by atoms with Gasteiger partial charge in [0.05, 0.1) is 11.4 Å². The van der Waals surface area contributed by atoms with E-state index in [4.69, 9.17) is 0 Å². The van der Waals surface area contributed by atoms with Gasteiger partial charge in [0.25, 0.3) is 0 Å². The summed E-state index contributed by atoms with van der Waals surface area (Å²) < 4.78 is 0. The SMILES string of the molecule is CCCCC1(O)C=CC=C(O)C1. The van der Waals surface area contributed by atoms with Gasteiger partial charge < -0.3 is 10.2 Å². The molecule has 0 fully saturated rings. The zero-order chi connectivity index (χ0) is 9.03. The van der Waals surface area contributed by atoms with Gasteiger partial charge in [0.1, 0.15) is 0 Å². The van der Waals surface area contributed by atoms with E-state index in [1.165, 1.54) is 0 Å². The summed E-state index contributed by atoms with van der Waals surface area (Å²) in [6, 6.07) is 0. The van der Waals surface area contributed by atoms with Crippen LogP contribution in [-0.2, 0) is 0 Å². The largest absolute Gasteiger partial charge is 0.512 e. The number of aliphatic hydroxyl groups excluding tert-OH is 1. The molecule has 1 unspecified atom stereocenters. The fraction of sp³-hybridized carbons (Fsp3) is 0.600. The van der Waals surface area contributed by atoms with Crippen LogP contribution in [0, 0.1) is 0 Å². The molecule has 0 saturated heterocycles. The predicted octanol–water partition coefficient (Wildman–Crippen LogP) is 2.31. The summed E-state index contributed by atoms with van der Waals surface area (Å²) in [5.41, 5.74) is -0.797. The Labute approximate surface area is 73.2 Å². The molecule has 2 heteroatoms. The van der Waals surface area contributed by atoms with Crippen molar-refractivity contribution < 1.29 is 10.2 Å². The molecule has 0 aromatic rings. The molecule has 0 amide bonds. The normalized spacial score (nSPS) is 28.7. The first-order chi connectivity index (χ1) is 5.66. The summed E-state index contributed by atoms with van der Waals surface area (Å²) in [7, 11) is 0. The van der Waals surface area contributed by atoms with E-state index < -0.39 is 5.60 Å². The van der Waals surface area contributed by atoms with E-state index in [1.807, 2.05) is 0 Å². The Morgan fingerprint density at radius 1 is 1.58 bits per heavy atom. The quantitative estimate of drug-likeness (QED) is 0.679. The Morgan fingerprint density at radius 2 is 2.33 bits per heavy atom. The second-order valence-electron chi connectivity index (χ2n) is 3.40. The van der Waals surface area contributed by atoms with Crippen LogP contribution in [0.25, 0.3) is 0 Å². The molecule has 2 nitrogen and oxygen atoms in total. The monoisotopic (exact) mass is 168 g/mol. The third-order valence-electron chi connectivity index (χ3n) is 2.15. The first-order valence-electron chi connectivity index (χ1n) is 4.46. The van der Waals surface area contributed by atoms with E-state index in [0.717, 1.165) is 19.3 Å². The Hall–Kier alpha value is -0.760. The summed E-state index contributed by atoms with van der Waals surface area (Å²) in [5.74, 6) is 0.274. The molecule has 68 valence electrons. The molecule has 0 saturated carbocycles. The molecule has 1 atom stereocenters. The summed E-state index contributed by atoms with van der Waals surface area (Å²) in [6.07, 6.45) is 8.27. The van der Waals surface area contributed by atoms with E-state index in [2.05, 4.69) is 6.92 Å². The molecule has 0 heterocycles. The molecule has 0 aromatic heterocycles. The fourth-order valence-corrected chi connectivity index (χ4v) is 1.42. The highest BCUT2D eigenvalue weighted by molar-refractivity contribution is 5.20. The maximum absolute atomic E-state index is 9.89. The van der Waals surface area contributed by atoms with Gasteiger partial charge in [-0.25, -0.2) is 0 Å². The van der Waals surface area contributed by atoms with Crippen LogP contribution in [0.2, 0.25) is 0 Å². The van der Waals surface area contributed by atoms with Crippen LogP contribution in [0.3, 0.4) is 0 Å². The average molecular weight is 168 g/mol. The lowest BCUT2D eigenvalue weighted by molar-refractivity contribution is 0.0661. The minimum Gasteiger partial charge on any atom is -0.512 e. The molecule has 12 heavy (non-hydrogen) atoms. The van der Waals surface area contributed by atoms with Gasteiger partial charge in [-0.15, -0.1) is 0 Å². The number of allylic oxidation sites excluding steroid dienone is 2. The number of rotatable bonds is 3. The summed E-state index contributed by atoms with van der Waals surface area (Å²) >= 11 is 0. The smallest absolute Gasteiger partial charge is 0.0954 e. The van der Waals surface area contributed by atoms with Gasteiger partial charge in [0, 0.05) is 6.42 Å². The van der Waals surface area contributed by atoms with Crippen molar-refractivity contribution in [3.63, 3.8) is 0 Å². The summed E-state index contributed by atoms with van der Waals surface area (Å²) in [5, 5.41) is 19.1. The molecule has 1 aliphatic carbocycles. The maximum atomic E-state index is 9.89. The Bertz CT molecular complexity index is 206. The van der Waals surface area contributed by atoms with Crippen LogP contribution < -0.4 is 0 Å². The maximum Gasteiger partial charge on any atom is 0.0954 e. The summed E-state index contributed by atoms with van der Waals surface area (Å²) in [6.45, 7) is 2.09. The highest BCUT2D eigenvalue weighted by Crippen LogP contribution is 2.26. The van der Waals surface area contributed by atoms with Crippen LogP contribution in [0.4, 0.5) is 0 Å². The number of aliphatic hydroxyl groups is 2. The Balaban J connectivity index is 2.51. The van der Waals surface area contributed by atoms with Gasteiger partial charge in [-0.3, -0.25) is 0 Å².